The minimum absolute atomic E-state index is 0.187. The minimum Gasteiger partial charge on any atom is -0.494 e. The van der Waals surface area contributed by atoms with Crippen LogP contribution in [-0.2, 0) is 6.42 Å². The second-order valence-electron chi connectivity index (χ2n) is 5.51. The number of benzene rings is 2. The number of aliphatic hydroxyl groups excluding tert-OH is 1. The number of methoxy groups -OCH3 is 1. The second kappa shape index (κ2) is 6.72. The molecule has 0 aliphatic heterocycles. The van der Waals surface area contributed by atoms with Crippen molar-refractivity contribution in [3.63, 3.8) is 0 Å². The summed E-state index contributed by atoms with van der Waals surface area (Å²) in [5, 5.41) is 10.2. The Balaban J connectivity index is 2.10. The molecule has 1 unspecified atom stereocenters. The maximum atomic E-state index is 13.7. The summed E-state index contributed by atoms with van der Waals surface area (Å²) in [6.45, 7) is 4.29. The molecule has 0 aliphatic carbocycles. The summed E-state index contributed by atoms with van der Waals surface area (Å²) in [5.74, 6) is 0.219. The first-order valence-electron chi connectivity index (χ1n) is 7.11. The van der Waals surface area contributed by atoms with Gasteiger partial charge in [-0.3, -0.25) is 0 Å². The smallest absolute Gasteiger partial charge is 0.165 e. The van der Waals surface area contributed by atoms with Crippen molar-refractivity contribution in [1.82, 2.24) is 0 Å². The van der Waals surface area contributed by atoms with Crippen LogP contribution in [0.1, 0.15) is 42.6 Å². The fraction of sp³-hybridized carbons (Fsp3) is 0.333. The monoisotopic (exact) mass is 288 g/mol. The van der Waals surface area contributed by atoms with Gasteiger partial charge in [-0.25, -0.2) is 4.39 Å². The second-order valence-corrected chi connectivity index (χ2v) is 5.51. The summed E-state index contributed by atoms with van der Waals surface area (Å²) in [5.41, 5.74) is 2.85. The standard InChI is InChI=1S/C18H21FO2/c1-12(2)14-6-4-13(5-7-14)10-17(20)15-8-9-18(21-3)16(19)11-15/h4-9,11-12,17,20H,10H2,1-3H3. The van der Waals surface area contributed by atoms with Gasteiger partial charge in [0, 0.05) is 6.42 Å². The molecule has 2 aromatic rings. The van der Waals surface area contributed by atoms with Crippen LogP contribution in [0.15, 0.2) is 42.5 Å². The van der Waals surface area contributed by atoms with E-state index in [-0.39, 0.29) is 5.75 Å². The number of rotatable bonds is 5. The van der Waals surface area contributed by atoms with Crippen molar-refractivity contribution < 1.29 is 14.2 Å². The van der Waals surface area contributed by atoms with Crippen molar-refractivity contribution in [2.75, 3.05) is 7.11 Å². The zero-order valence-corrected chi connectivity index (χ0v) is 12.6. The van der Waals surface area contributed by atoms with E-state index < -0.39 is 11.9 Å². The highest BCUT2D eigenvalue weighted by Gasteiger charge is 2.12. The molecule has 21 heavy (non-hydrogen) atoms. The van der Waals surface area contributed by atoms with E-state index in [1.165, 1.54) is 24.8 Å². The van der Waals surface area contributed by atoms with Crippen LogP contribution in [0, 0.1) is 5.82 Å². The Kier molecular flexibility index (Phi) is 4.97. The average Bonchev–Trinajstić information content (AvgIpc) is 2.47. The molecule has 2 rings (SSSR count). The van der Waals surface area contributed by atoms with Gasteiger partial charge in [0.15, 0.2) is 11.6 Å². The van der Waals surface area contributed by atoms with Crippen molar-refractivity contribution in [2.24, 2.45) is 0 Å². The van der Waals surface area contributed by atoms with Gasteiger partial charge in [-0.2, -0.15) is 0 Å². The van der Waals surface area contributed by atoms with Gasteiger partial charge in [-0.1, -0.05) is 44.2 Å². The lowest BCUT2D eigenvalue weighted by Crippen LogP contribution is -2.03. The predicted molar refractivity (Wildman–Crippen MR) is 82.1 cm³/mol. The normalized spacial score (nSPS) is 12.5. The zero-order chi connectivity index (χ0) is 15.4. The Labute approximate surface area is 125 Å². The minimum atomic E-state index is -0.727. The lowest BCUT2D eigenvalue weighted by atomic mass is 9.97. The van der Waals surface area contributed by atoms with Gasteiger partial charge in [-0.15, -0.1) is 0 Å². The van der Waals surface area contributed by atoms with Gasteiger partial charge < -0.3 is 9.84 Å². The number of halogens is 1. The highest BCUT2D eigenvalue weighted by atomic mass is 19.1. The topological polar surface area (TPSA) is 29.5 Å². The Hall–Kier alpha value is -1.87. The molecular weight excluding hydrogens is 267 g/mol. The van der Waals surface area contributed by atoms with Crippen molar-refractivity contribution >= 4 is 0 Å². The molecule has 0 aromatic heterocycles. The number of aliphatic hydroxyl groups is 1. The van der Waals surface area contributed by atoms with Gasteiger partial charge in [0.05, 0.1) is 13.2 Å². The maximum absolute atomic E-state index is 13.7. The molecule has 0 bridgehead atoms. The Morgan fingerprint density at radius 1 is 1.05 bits per heavy atom. The van der Waals surface area contributed by atoms with Gasteiger partial charge in [-0.05, 0) is 34.7 Å². The summed E-state index contributed by atoms with van der Waals surface area (Å²) in [7, 11) is 1.42. The van der Waals surface area contributed by atoms with Crippen LogP contribution in [0.25, 0.3) is 0 Å². The van der Waals surface area contributed by atoms with E-state index in [2.05, 4.69) is 26.0 Å². The van der Waals surface area contributed by atoms with Gasteiger partial charge in [0.25, 0.3) is 0 Å². The quantitative estimate of drug-likeness (QED) is 0.892. The zero-order valence-electron chi connectivity index (χ0n) is 12.6. The molecule has 0 saturated carbocycles. The van der Waals surface area contributed by atoms with Crippen molar-refractivity contribution in [1.29, 1.82) is 0 Å². The molecule has 0 fully saturated rings. The first kappa shape index (κ1) is 15.5. The fourth-order valence-electron chi connectivity index (χ4n) is 2.27. The molecular formula is C18H21FO2. The van der Waals surface area contributed by atoms with E-state index in [0.717, 1.165) is 5.56 Å². The van der Waals surface area contributed by atoms with Crippen molar-refractivity contribution in [3.8, 4) is 5.75 Å². The molecule has 0 radical (unpaired) electrons. The molecule has 0 amide bonds. The number of ether oxygens (including phenoxy) is 1. The van der Waals surface area contributed by atoms with Crippen LogP contribution in [0.5, 0.6) is 5.75 Å². The highest BCUT2D eigenvalue weighted by Crippen LogP contribution is 2.24. The molecule has 1 atom stereocenters. The van der Waals surface area contributed by atoms with Crippen LogP contribution in [-0.4, -0.2) is 12.2 Å². The lowest BCUT2D eigenvalue weighted by molar-refractivity contribution is 0.178. The molecule has 112 valence electrons. The van der Waals surface area contributed by atoms with Crippen LogP contribution in [0.2, 0.25) is 0 Å². The molecule has 3 heteroatoms. The molecule has 0 heterocycles. The summed E-state index contributed by atoms with van der Waals surface area (Å²) in [6.07, 6.45) is -0.264. The molecule has 0 saturated heterocycles. The largest absolute Gasteiger partial charge is 0.494 e. The van der Waals surface area contributed by atoms with Gasteiger partial charge in [0.2, 0.25) is 0 Å². The maximum Gasteiger partial charge on any atom is 0.165 e. The molecule has 2 nitrogen and oxygen atoms in total. The molecule has 1 N–H and O–H groups in total. The number of hydrogen-bond donors (Lipinski definition) is 1. The highest BCUT2D eigenvalue weighted by molar-refractivity contribution is 5.32. The third-order valence-electron chi connectivity index (χ3n) is 3.64. The third kappa shape index (κ3) is 3.82. The third-order valence-corrected chi connectivity index (χ3v) is 3.64. The van der Waals surface area contributed by atoms with E-state index in [9.17, 15) is 9.50 Å². The lowest BCUT2D eigenvalue weighted by Gasteiger charge is -2.13. The summed E-state index contributed by atoms with van der Waals surface area (Å²) in [6, 6.07) is 12.7. The van der Waals surface area contributed by atoms with Crippen LogP contribution in [0.4, 0.5) is 4.39 Å². The van der Waals surface area contributed by atoms with Crippen LogP contribution in [0.3, 0.4) is 0 Å². The van der Waals surface area contributed by atoms with Crippen molar-refractivity contribution in [2.45, 2.75) is 32.3 Å². The molecule has 2 aromatic carbocycles. The fourth-order valence-corrected chi connectivity index (χ4v) is 2.27. The van der Waals surface area contributed by atoms with Crippen molar-refractivity contribution in [3.05, 3.63) is 65.0 Å². The Bertz CT molecular complexity index is 591. The first-order valence-corrected chi connectivity index (χ1v) is 7.11. The molecule has 0 spiro atoms. The van der Waals surface area contributed by atoms with Crippen LogP contribution >= 0.6 is 0 Å². The Morgan fingerprint density at radius 3 is 2.19 bits per heavy atom. The first-order chi connectivity index (χ1) is 10.0. The van der Waals surface area contributed by atoms with Gasteiger partial charge in [0.1, 0.15) is 0 Å². The van der Waals surface area contributed by atoms with E-state index in [4.69, 9.17) is 4.74 Å². The number of hydrogen-bond acceptors (Lipinski definition) is 2. The van der Waals surface area contributed by atoms with E-state index in [0.29, 0.717) is 17.9 Å². The molecule has 0 aliphatic rings. The summed E-state index contributed by atoms with van der Waals surface area (Å²) >= 11 is 0. The van der Waals surface area contributed by atoms with E-state index >= 15 is 0 Å². The van der Waals surface area contributed by atoms with E-state index in [1.807, 2.05) is 12.1 Å². The van der Waals surface area contributed by atoms with Crippen LogP contribution < -0.4 is 4.74 Å². The van der Waals surface area contributed by atoms with E-state index in [1.54, 1.807) is 6.07 Å². The van der Waals surface area contributed by atoms with Gasteiger partial charge >= 0.3 is 0 Å². The summed E-state index contributed by atoms with van der Waals surface area (Å²) in [4.78, 5) is 0. The average molecular weight is 288 g/mol. The summed E-state index contributed by atoms with van der Waals surface area (Å²) < 4.78 is 18.5. The SMILES string of the molecule is COc1ccc(C(O)Cc2ccc(C(C)C)cc2)cc1F. The predicted octanol–water partition coefficient (Wildman–Crippen LogP) is 4.23. The Morgan fingerprint density at radius 2 is 1.67 bits per heavy atom.